The van der Waals surface area contributed by atoms with Crippen LogP contribution in [0.15, 0.2) is 17.5 Å². The van der Waals surface area contributed by atoms with Crippen LogP contribution in [0.3, 0.4) is 0 Å². The van der Waals surface area contributed by atoms with Crippen molar-refractivity contribution in [3.05, 3.63) is 22.4 Å². The topological polar surface area (TPSA) is 38.5 Å². The Morgan fingerprint density at radius 3 is 3.06 bits per heavy atom. The van der Waals surface area contributed by atoms with Crippen LogP contribution in [0.1, 0.15) is 24.6 Å². The van der Waals surface area contributed by atoms with Crippen LogP contribution < -0.4 is 5.73 Å². The fourth-order valence-electron chi connectivity index (χ4n) is 2.78. The van der Waals surface area contributed by atoms with Gasteiger partial charge in [-0.05, 0) is 36.8 Å². The molecule has 2 unspecified atom stereocenters. The molecule has 2 N–H and O–H groups in total. The number of hydrogen-bond acceptors (Lipinski definition) is 4. The van der Waals surface area contributed by atoms with E-state index in [0.29, 0.717) is 12.0 Å². The molecule has 1 aliphatic heterocycles. The molecule has 4 heteroatoms. The Morgan fingerprint density at radius 2 is 2.50 bits per heavy atom. The van der Waals surface area contributed by atoms with E-state index in [9.17, 15) is 0 Å². The zero-order valence-electron chi connectivity index (χ0n) is 11.2. The molecule has 2 rings (SSSR count). The number of likely N-dealkylation sites (N-methyl/N-ethyl adjacent to an activating group) is 1. The summed E-state index contributed by atoms with van der Waals surface area (Å²) in [6.07, 6.45) is 2.43. The molecular weight excluding hydrogens is 244 g/mol. The molecule has 1 aromatic heterocycles. The van der Waals surface area contributed by atoms with Crippen molar-refractivity contribution in [2.75, 3.05) is 26.3 Å². The zero-order valence-corrected chi connectivity index (χ0v) is 12.0. The minimum Gasteiger partial charge on any atom is -0.381 e. The van der Waals surface area contributed by atoms with Crippen LogP contribution >= 0.6 is 11.3 Å². The van der Waals surface area contributed by atoms with Crippen LogP contribution in [-0.4, -0.2) is 37.2 Å². The molecule has 0 bridgehead atoms. The molecule has 0 amide bonds. The van der Waals surface area contributed by atoms with Gasteiger partial charge >= 0.3 is 0 Å². The molecule has 1 aromatic rings. The summed E-state index contributed by atoms with van der Waals surface area (Å²) in [6, 6.07) is 4.78. The molecule has 0 saturated carbocycles. The molecule has 18 heavy (non-hydrogen) atoms. The van der Waals surface area contributed by atoms with E-state index in [0.717, 1.165) is 32.8 Å². The summed E-state index contributed by atoms with van der Waals surface area (Å²) in [5.41, 5.74) is 6.02. The number of nitrogens with two attached hydrogens (primary N) is 1. The van der Waals surface area contributed by atoms with Gasteiger partial charge in [0.1, 0.15) is 0 Å². The number of nitrogens with zero attached hydrogens (tertiary/aromatic N) is 1. The lowest BCUT2D eigenvalue weighted by molar-refractivity contribution is 0.0105. The molecule has 1 fully saturated rings. The molecule has 2 atom stereocenters. The maximum Gasteiger partial charge on any atom is 0.0509 e. The van der Waals surface area contributed by atoms with E-state index >= 15 is 0 Å². The Hall–Kier alpha value is -0.420. The van der Waals surface area contributed by atoms with Crippen molar-refractivity contribution in [2.45, 2.75) is 32.4 Å². The van der Waals surface area contributed by atoms with Gasteiger partial charge in [0.05, 0.1) is 6.61 Å². The first-order valence-corrected chi connectivity index (χ1v) is 7.77. The third kappa shape index (κ3) is 3.54. The highest BCUT2D eigenvalue weighted by atomic mass is 32.1. The van der Waals surface area contributed by atoms with Gasteiger partial charge < -0.3 is 10.5 Å². The van der Waals surface area contributed by atoms with Crippen molar-refractivity contribution in [2.24, 2.45) is 11.7 Å². The summed E-state index contributed by atoms with van der Waals surface area (Å²) < 4.78 is 5.62. The van der Waals surface area contributed by atoms with Gasteiger partial charge in [0, 0.05) is 30.6 Å². The molecule has 2 heterocycles. The highest BCUT2D eigenvalue weighted by molar-refractivity contribution is 7.09. The number of thiophene rings is 1. The second kappa shape index (κ2) is 7.24. The largest absolute Gasteiger partial charge is 0.381 e. The van der Waals surface area contributed by atoms with Crippen LogP contribution in [0.25, 0.3) is 0 Å². The minimum absolute atomic E-state index is 0.456. The van der Waals surface area contributed by atoms with Gasteiger partial charge in [-0.2, -0.15) is 0 Å². The fraction of sp³-hybridized carbons (Fsp3) is 0.714. The van der Waals surface area contributed by atoms with Gasteiger partial charge in [0.2, 0.25) is 0 Å². The van der Waals surface area contributed by atoms with Crippen LogP contribution in [0.4, 0.5) is 0 Å². The van der Waals surface area contributed by atoms with Crippen LogP contribution in [0.5, 0.6) is 0 Å². The normalized spacial score (nSPS) is 22.3. The molecular formula is C14H24N2OS. The maximum absolute atomic E-state index is 6.02. The molecule has 1 saturated heterocycles. The van der Waals surface area contributed by atoms with Gasteiger partial charge in [-0.15, -0.1) is 11.3 Å². The molecule has 0 aromatic carbocycles. The lowest BCUT2D eigenvalue weighted by Gasteiger charge is -2.37. The summed E-state index contributed by atoms with van der Waals surface area (Å²) in [7, 11) is 0. The van der Waals surface area contributed by atoms with E-state index in [1.165, 1.54) is 17.7 Å². The monoisotopic (exact) mass is 268 g/mol. The van der Waals surface area contributed by atoms with Crippen LogP contribution in [0.2, 0.25) is 0 Å². The van der Waals surface area contributed by atoms with Crippen molar-refractivity contribution >= 4 is 11.3 Å². The first-order chi connectivity index (χ1) is 8.85. The molecule has 0 aliphatic carbocycles. The van der Waals surface area contributed by atoms with Gasteiger partial charge in [0.25, 0.3) is 0 Å². The van der Waals surface area contributed by atoms with Crippen molar-refractivity contribution in [3.63, 3.8) is 0 Å². The van der Waals surface area contributed by atoms with E-state index in [-0.39, 0.29) is 0 Å². The van der Waals surface area contributed by atoms with Crippen LogP contribution in [-0.2, 0) is 11.3 Å². The Labute approximate surface area is 114 Å². The number of ether oxygens (including phenoxy) is 1. The van der Waals surface area contributed by atoms with E-state index in [1.807, 2.05) is 11.3 Å². The van der Waals surface area contributed by atoms with E-state index < -0.39 is 0 Å². The van der Waals surface area contributed by atoms with Gasteiger partial charge in [-0.3, -0.25) is 4.90 Å². The summed E-state index contributed by atoms with van der Waals surface area (Å²) in [6.45, 7) is 6.82. The predicted octanol–water partition coefficient (Wildman–Crippen LogP) is 2.32. The number of hydrogen-bond donors (Lipinski definition) is 1. The van der Waals surface area contributed by atoms with Crippen molar-refractivity contribution in [1.29, 1.82) is 0 Å². The van der Waals surface area contributed by atoms with Crippen LogP contribution in [0, 0.1) is 5.92 Å². The molecule has 0 spiro atoms. The van der Waals surface area contributed by atoms with E-state index in [1.54, 1.807) is 0 Å². The summed E-state index contributed by atoms with van der Waals surface area (Å²) >= 11 is 1.83. The SMILES string of the molecule is CCN(Cc1cccs1)C(CN)C1CCCOC1. The first kappa shape index (κ1) is 14.0. The Balaban J connectivity index is 1.98. The minimum atomic E-state index is 0.456. The first-order valence-electron chi connectivity index (χ1n) is 6.89. The smallest absolute Gasteiger partial charge is 0.0509 e. The molecule has 3 nitrogen and oxygen atoms in total. The van der Waals surface area contributed by atoms with Gasteiger partial charge in [0.15, 0.2) is 0 Å². The second-order valence-corrected chi connectivity index (χ2v) is 5.95. The Kier molecular flexibility index (Phi) is 5.63. The summed E-state index contributed by atoms with van der Waals surface area (Å²) in [5, 5.41) is 2.14. The number of rotatable bonds is 6. The quantitative estimate of drug-likeness (QED) is 0.860. The van der Waals surface area contributed by atoms with Gasteiger partial charge in [-0.1, -0.05) is 13.0 Å². The van der Waals surface area contributed by atoms with E-state index in [4.69, 9.17) is 10.5 Å². The zero-order chi connectivity index (χ0) is 12.8. The van der Waals surface area contributed by atoms with Crippen molar-refractivity contribution in [3.8, 4) is 0 Å². The fourth-order valence-corrected chi connectivity index (χ4v) is 3.50. The standard InChI is InChI=1S/C14H24N2OS/c1-2-16(10-13-6-4-8-18-13)14(9-15)12-5-3-7-17-11-12/h4,6,8,12,14H,2-3,5,7,9-11,15H2,1H3. The third-order valence-electron chi connectivity index (χ3n) is 3.80. The maximum atomic E-state index is 6.02. The Bertz CT molecular complexity index is 323. The Morgan fingerprint density at radius 1 is 1.61 bits per heavy atom. The summed E-state index contributed by atoms with van der Waals surface area (Å²) in [4.78, 5) is 3.93. The average Bonchev–Trinajstić information content (AvgIpc) is 2.92. The van der Waals surface area contributed by atoms with Crippen molar-refractivity contribution < 1.29 is 4.74 Å². The second-order valence-electron chi connectivity index (χ2n) is 4.92. The summed E-state index contributed by atoms with van der Waals surface area (Å²) in [5.74, 6) is 0.601. The van der Waals surface area contributed by atoms with Crippen molar-refractivity contribution in [1.82, 2.24) is 4.90 Å². The molecule has 0 radical (unpaired) electrons. The highest BCUT2D eigenvalue weighted by Gasteiger charge is 2.27. The molecule has 102 valence electrons. The van der Waals surface area contributed by atoms with Gasteiger partial charge in [-0.25, -0.2) is 0 Å². The third-order valence-corrected chi connectivity index (χ3v) is 4.66. The average molecular weight is 268 g/mol. The lowest BCUT2D eigenvalue weighted by atomic mass is 9.92. The van der Waals surface area contributed by atoms with E-state index in [2.05, 4.69) is 29.3 Å². The molecule has 1 aliphatic rings. The lowest BCUT2D eigenvalue weighted by Crippen LogP contribution is -2.47. The predicted molar refractivity (Wildman–Crippen MR) is 76.8 cm³/mol. The highest BCUT2D eigenvalue weighted by Crippen LogP contribution is 2.23.